The van der Waals surface area contributed by atoms with E-state index in [-0.39, 0.29) is 16.7 Å². The molecule has 2 aromatic rings. The molecule has 0 aliphatic carbocycles. The third-order valence-corrected chi connectivity index (χ3v) is 3.04. The van der Waals surface area contributed by atoms with Gasteiger partial charge in [-0.2, -0.15) is 10.1 Å². The van der Waals surface area contributed by atoms with Gasteiger partial charge in [-0.15, -0.1) is 0 Å². The Morgan fingerprint density at radius 1 is 1.41 bits per heavy atom. The number of hydrogen-bond acceptors (Lipinski definition) is 7. The summed E-state index contributed by atoms with van der Waals surface area (Å²) in [5.41, 5.74) is 1.33. The summed E-state index contributed by atoms with van der Waals surface area (Å²) in [6.07, 6.45) is 3.38. The summed E-state index contributed by atoms with van der Waals surface area (Å²) in [5, 5.41) is 7.22. The van der Waals surface area contributed by atoms with Crippen LogP contribution in [0.4, 0.5) is 11.5 Å². The molecule has 0 aliphatic heterocycles. The maximum absolute atomic E-state index is 11.9. The smallest absolute Gasteiger partial charge is 0.343 e. The molecule has 2 rings (SSSR count). The molecule has 22 heavy (non-hydrogen) atoms. The Bertz CT molecular complexity index is 674. The van der Waals surface area contributed by atoms with Crippen LogP contribution in [0.25, 0.3) is 0 Å². The van der Waals surface area contributed by atoms with E-state index < -0.39 is 5.97 Å². The quantitative estimate of drug-likeness (QED) is 0.639. The molecule has 0 amide bonds. The van der Waals surface area contributed by atoms with Crippen molar-refractivity contribution in [3.63, 3.8) is 0 Å². The summed E-state index contributed by atoms with van der Waals surface area (Å²) in [6.45, 7) is 2.82. The minimum absolute atomic E-state index is 0.0411. The number of methoxy groups -OCH3 is 2. The lowest BCUT2D eigenvalue weighted by Crippen LogP contribution is -2.11. The van der Waals surface area contributed by atoms with E-state index in [2.05, 4.69) is 20.4 Å². The van der Waals surface area contributed by atoms with Gasteiger partial charge in [-0.25, -0.2) is 9.78 Å². The average molecular weight is 326 g/mol. The van der Waals surface area contributed by atoms with Gasteiger partial charge in [0.1, 0.15) is 11.4 Å². The van der Waals surface area contributed by atoms with Gasteiger partial charge in [0.2, 0.25) is 5.28 Å². The van der Waals surface area contributed by atoms with Crippen molar-refractivity contribution in [1.82, 2.24) is 19.7 Å². The van der Waals surface area contributed by atoms with Crippen molar-refractivity contribution in [2.75, 3.05) is 26.1 Å². The van der Waals surface area contributed by atoms with Gasteiger partial charge in [0, 0.05) is 13.3 Å². The highest BCUT2D eigenvalue weighted by Gasteiger charge is 2.19. The largest absolute Gasteiger partial charge is 0.465 e. The molecule has 0 saturated carbocycles. The van der Waals surface area contributed by atoms with Gasteiger partial charge >= 0.3 is 5.97 Å². The van der Waals surface area contributed by atoms with Gasteiger partial charge in [0.25, 0.3) is 0 Å². The first-order chi connectivity index (χ1) is 10.5. The number of halogens is 1. The predicted molar refractivity (Wildman–Crippen MR) is 80.5 cm³/mol. The SMILES string of the molecule is COCCn1cc(Nc2nc(Cl)nc(C)c2C(=O)OC)cn1. The fourth-order valence-electron chi connectivity index (χ4n) is 1.85. The Labute approximate surface area is 132 Å². The van der Waals surface area contributed by atoms with Crippen LogP contribution in [0.2, 0.25) is 5.28 Å². The Morgan fingerprint density at radius 3 is 2.86 bits per heavy atom. The highest BCUT2D eigenvalue weighted by Crippen LogP contribution is 2.23. The summed E-state index contributed by atoms with van der Waals surface area (Å²) < 4.78 is 11.5. The van der Waals surface area contributed by atoms with E-state index in [0.29, 0.717) is 24.5 Å². The molecule has 0 atom stereocenters. The lowest BCUT2D eigenvalue weighted by atomic mass is 10.2. The van der Waals surface area contributed by atoms with Crippen LogP contribution in [0.5, 0.6) is 0 Å². The van der Waals surface area contributed by atoms with Gasteiger partial charge < -0.3 is 14.8 Å². The molecular formula is C13H16ClN5O3. The van der Waals surface area contributed by atoms with Crippen molar-refractivity contribution in [2.45, 2.75) is 13.5 Å². The van der Waals surface area contributed by atoms with E-state index in [4.69, 9.17) is 21.1 Å². The molecule has 0 saturated heterocycles. The van der Waals surface area contributed by atoms with Crippen LogP contribution < -0.4 is 5.32 Å². The third-order valence-electron chi connectivity index (χ3n) is 2.87. The molecule has 0 bridgehead atoms. The number of aromatic nitrogens is 4. The maximum atomic E-state index is 11.9. The van der Waals surface area contributed by atoms with Gasteiger partial charge in [-0.3, -0.25) is 4.68 Å². The number of esters is 1. The molecule has 0 fully saturated rings. The van der Waals surface area contributed by atoms with E-state index in [9.17, 15) is 4.79 Å². The van der Waals surface area contributed by atoms with Crippen molar-refractivity contribution in [3.05, 3.63) is 28.9 Å². The molecule has 9 heteroatoms. The van der Waals surface area contributed by atoms with Gasteiger partial charge in [-0.05, 0) is 18.5 Å². The Kier molecular flexibility index (Phi) is 5.29. The first kappa shape index (κ1) is 16.2. The van der Waals surface area contributed by atoms with Crippen LogP contribution >= 0.6 is 11.6 Å². The fraction of sp³-hybridized carbons (Fsp3) is 0.385. The molecule has 1 N–H and O–H groups in total. The van der Waals surface area contributed by atoms with E-state index in [1.54, 1.807) is 31.1 Å². The molecule has 118 valence electrons. The van der Waals surface area contributed by atoms with Crippen LogP contribution in [-0.2, 0) is 16.0 Å². The zero-order valence-corrected chi connectivity index (χ0v) is 13.2. The number of aryl methyl sites for hydroxylation is 1. The fourth-order valence-corrected chi connectivity index (χ4v) is 2.06. The van der Waals surface area contributed by atoms with Crippen molar-refractivity contribution in [2.24, 2.45) is 0 Å². The van der Waals surface area contributed by atoms with Crippen LogP contribution in [0.3, 0.4) is 0 Å². The van der Waals surface area contributed by atoms with Crippen LogP contribution in [0.15, 0.2) is 12.4 Å². The Hall–Kier alpha value is -2.19. The first-order valence-electron chi connectivity index (χ1n) is 6.46. The highest BCUT2D eigenvalue weighted by molar-refractivity contribution is 6.28. The predicted octanol–water partition coefficient (Wildman–Crippen LogP) is 1.81. The van der Waals surface area contributed by atoms with Gasteiger partial charge in [0.15, 0.2) is 0 Å². The van der Waals surface area contributed by atoms with Crippen LogP contribution in [0.1, 0.15) is 16.1 Å². The lowest BCUT2D eigenvalue weighted by Gasteiger charge is -2.10. The summed E-state index contributed by atoms with van der Waals surface area (Å²) >= 11 is 5.86. The molecule has 2 heterocycles. The summed E-state index contributed by atoms with van der Waals surface area (Å²) in [5.74, 6) is -0.265. The number of hydrogen-bond donors (Lipinski definition) is 1. The summed E-state index contributed by atoms with van der Waals surface area (Å²) in [7, 11) is 2.92. The Balaban J connectivity index is 2.28. The second kappa shape index (κ2) is 7.19. The first-order valence-corrected chi connectivity index (χ1v) is 6.83. The standard InChI is InChI=1S/C13H16ClN5O3/c1-8-10(12(20)22-3)11(18-13(14)16-8)17-9-6-15-19(7-9)4-5-21-2/h6-7H,4-5H2,1-3H3,(H,16,17,18). The molecule has 0 unspecified atom stereocenters. The van der Waals surface area contributed by atoms with Crippen molar-refractivity contribution in [1.29, 1.82) is 0 Å². The van der Waals surface area contributed by atoms with E-state index in [1.807, 2.05) is 0 Å². The van der Waals surface area contributed by atoms with Crippen LogP contribution in [0, 0.1) is 6.92 Å². The Morgan fingerprint density at radius 2 is 2.18 bits per heavy atom. The van der Waals surface area contributed by atoms with Crippen LogP contribution in [-0.4, -0.2) is 46.5 Å². The molecular weight excluding hydrogens is 310 g/mol. The number of anilines is 2. The number of ether oxygens (including phenoxy) is 2. The summed E-state index contributed by atoms with van der Waals surface area (Å²) in [4.78, 5) is 19.9. The third kappa shape index (κ3) is 3.71. The van der Waals surface area contributed by atoms with E-state index >= 15 is 0 Å². The van der Waals surface area contributed by atoms with E-state index in [1.165, 1.54) is 7.11 Å². The number of carbonyl (C=O) groups is 1. The summed E-state index contributed by atoms with van der Waals surface area (Å²) in [6, 6.07) is 0. The minimum Gasteiger partial charge on any atom is -0.465 e. The molecule has 0 radical (unpaired) electrons. The topological polar surface area (TPSA) is 91.2 Å². The lowest BCUT2D eigenvalue weighted by molar-refractivity contribution is 0.0600. The van der Waals surface area contributed by atoms with Crippen molar-refractivity contribution in [3.8, 4) is 0 Å². The molecule has 2 aromatic heterocycles. The average Bonchev–Trinajstić information content (AvgIpc) is 2.91. The molecule has 0 spiro atoms. The molecule has 8 nitrogen and oxygen atoms in total. The van der Waals surface area contributed by atoms with Gasteiger partial charge in [-0.1, -0.05) is 0 Å². The van der Waals surface area contributed by atoms with Crippen molar-refractivity contribution < 1.29 is 14.3 Å². The second-order valence-electron chi connectivity index (χ2n) is 4.40. The number of rotatable bonds is 6. The zero-order valence-electron chi connectivity index (χ0n) is 12.5. The number of nitrogens with one attached hydrogen (secondary N) is 1. The highest BCUT2D eigenvalue weighted by atomic mass is 35.5. The second-order valence-corrected chi connectivity index (χ2v) is 4.74. The zero-order chi connectivity index (χ0) is 16.1. The van der Waals surface area contributed by atoms with E-state index in [0.717, 1.165) is 0 Å². The maximum Gasteiger partial charge on any atom is 0.343 e. The molecule has 0 aliphatic rings. The minimum atomic E-state index is -0.538. The van der Waals surface area contributed by atoms with Crippen molar-refractivity contribution >= 4 is 29.1 Å². The molecule has 0 aromatic carbocycles. The number of nitrogens with zero attached hydrogens (tertiary/aromatic N) is 4. The monoisotopic (exact) mass is 325 g/mol. The van der Waals surface area contributed by atoms with Gasteiger partial charge in [0.05, 0.1) is 37.8 Å². The normalized spacial score (nSPS) is 10.5. The number of carbonyl (C=O) groups excluding carboxylic acids is 1.